The monoisotopic (exact) mass is 583 g/mol. The first kappa shape index (κ1) is 33.0. The van der Waals surface area contributed by atoms with Crippen LogP contribution in [0.2, 0.25) is 0 Å². The lowest BCUT2D eigenvalue weighted by Crippen LogP contribution is -2.34. The molecule has 2 unspecified atom stereocenters. The molecule has 0 aliphatic carbocycles. The number of ether oxygens (including phenoxy) is 4. The van der Waals surface area contributed by atoms with Crippen LogP contribution in [0.25, 0.3) is 0 Å². The molecule has 222 valence electrons. The summed E-state index contributed by atoms with van der Waals surface area (Å²) in [5.74, 6) is 1.04. The van der Waals surface area contributed by atoms with Crippen molar-refractivity contribution in [2.45, 2.75) is 65.8 Å². The van der Waals surface area contributed by atoms with Crippen LogP contribution in [-0.4, -0.2) is 55.0 Å². The summed E-state index contributed by atoms with van der Waals surface area (Å²) in [6, 6.07) is 5.49. The number of nitro groups is 2. The van der Waals surface area contributed by atoms with E-state index in [9.17, 15) is 20.2 Å². The fourth-order valence-electron chi connectivity index (χ4n) is 4.23. The molecule has 13 nitrogen and oxygen atoms in total. The van der Waals surface area contributed by atoms with E-state index in [1.165, 1.54) is 52.7 Å². The Morgan fingerprint density at radius 2 is 0.925 bits per heavy atom. The van der Waals surface area contributed by atoms with Crippen molar-refractivity contribution < 1.29 is 37.8 Å². The van der Waals surface area contributed by atoms with Crippen LogP contribution in [0, 0.1) is 20.2 Å². The summed E-state index contributed by atoms with van der Waals surface area (Å²) in [7, 11) is 3.76. The van der Waals surface area contributed by atoms with Crippen molar-refractivity contribution in [3.8, 4) is 23.0 Å². The molecule has 0 spiro atoms. The molecule has 14 heteroatoms. The molecular weight excluding hydrogens is 545 g/mol. The van der Waals surface area contributed by atoms with E-state index in [2.05, 4.69) is 0 Å². The minimum absolute atomic E-state index is 0.0497. The highest BCUT2D eigenvalue weighted by molar-refractivity contribution is 7.44. The molecule has 0 bridgehead atoms. The van der Waals surface area contributed by atoms with Crippen molar-refractivity contribution in [3.05, 3.63) is 55.6 Å². The zero-order chi connectivity index (χ0) is 30.3. The standard InChI is InChI=1S/C26H38N3O10P/c1-15(2)27(16(3)4)40(38-17(5)19-11-23(34-7)25(36-9)13-21(19)28(30)31)39-18(6)20-12-24(35-8)26(37-10)14-22(20)29(32)33/h11-18H,1-10H3. The third kappa shape index (κ3) is 7.48. The summed E-state index contributed by atoms with van der Waals surface area (Å²) < 4.78 is 36.0. The Bertz CT molecular complexity index is 1100. The predicted octanol–water partition coefficient (Wildman–Crippen LogP) is 6.74. The van der Waals surface area contributed by atoms with E-state index in [1.54, 1.807) is 13.8 Å². The summed E-state index contributed by atoms with van der Waals surface area (Å²) in [4.78, 5) is 22.8. The third-order valence-corrected chi connectivity index (χ3v) is 8.37. The molecule has 0 radical (unpaired) electrons. The molecule has 0 N–H and O–H groups in total. The van der Waals surface area contributed by atoms with Crippen molar-refractivity contribution in [2.24, 2.45) is 0 Å². The SMILES string of the molecule is COc1cc(C(C)OP(OC(C)c2cc(OC)c(OC)cc2[N+](=O)[O-])N(C(C)C)C(C)C)c([N+](=O)[O-])cc1OC. The molecular formula is C26H38N3O10P. The fraction of sp³-hybridized carbons (Fsp3) is 0.538. The zero-order valence-corrected chi connectivity index (χ0v) is 25.4. The molecule has 0 heterocycles. The van der Waals surface area contributed by atoms with Gasteiger partial charge in [0.2, 0.25) is 0 Å². The summed E-state index contributed by atoms with van der Waals surface area (Å²) in [6.07, 6.45) is -1.64. The molecule has 2 atom stereocenters. The van der Waals surface area contributed by atoms with E-state index in [4.69, 9.17) is 28.0 Å². The molecule has 2 aromatic carbocycles. The second-order valence-corrected chi connectivity index (χ2v) is 10.7. The van der Waals surface area contributed by atoms with E-state index >= 15 is 0 Å². The molecule has 40 heavy (non-hydrogen) atoms. The van der Waals surface area contributed by atoms with E-state index in [-0.39, 0.29) is 46.1 Å². The van der Waals surface area contributed by atoms with Gasteiger partial charge in [-0.3, -0.25) is 20.2 Å². The molecule has 0 aliphatic heterocycles. The zero-order valence-electron chi connectivity index (χ0n) is 24.5. The van der Waals surface area contributed by atoms with Crippen LogP contribution >= 0.6 is 8.53 Å². The van der Waals surface area contributed by atoms with Gasteiger partial charge in [-0.15, -0.1) is 0 Å². The first-order valence-electron chi connectivity index (χ1n) is 12.5. The first-order valence-corrected chi connectivity index (χ1v) is 13.7. The highest BCUT2D eigenvalue weighted by atomic mass is 31.2. The van der Waals surface area contributed by atoms with Gasteiger partial charge in [-0.05, 0) is 53.7 Å². The van der Waals surface area contributed by atoms with Gasteiger partial charge in [-0.25, -0.2) is 4.67 Å². The second-order valence-electron chi connectivity index (χ2n) is 9.35. The smallest absolute Gasteiger partial charge is 0.279 e. The van der Waals surface area contributed by atoms with Crippen molar-refractivity contribution in [1.82, 2.24) is 4.67 Å². The van der Waals surface area contributed by atoms with Gasteiger partial charge in [0, 0.05) is 12.1 Å². The molecule has 0 aliphatic rings. The van der Waals surface area contributed by atoms with E-state index in [0.29, 0.717) is 11.5 Å². The van der Waals surface area contributed by atoms with Crippen molar-refractivity contribution >= 4 is 19.9 Å². The number of nitrogens with zero attached hydrogens (tertiary/aromatic N) is 3. The van der Waals surface area contributed by atoms with Crippen LogP contribution in [0.1, 0.15) is 64.9 Å². The summed E-state index contributed by atoms with van der Waals surface area (Å²) >= 11 is 0. The lowest BCUT2D eigenvalue weighted by Gasteiger charge is -2.38. The van der Waals surface area contributed by atoms with Crippen molar-refractivity contribution in [3.63, 3.8) is 0 Å². The average molecular weight is 584 g/mol. The Labute approximate surface area is 235 Å². The van der Waals surface area contributed by atoms with Gasteiger partial charge in [-0.1, -0.05) is 0 Å². The van der Waals surface area contributed by atoms with Crippen LogP contribution in [0.3, 0.4) is 0 Å². The van der Waals surface area contributed by atoms with Crippen molar-refractivity contribution in [1.29, 1.82) is 0 Å². The lowest BCUT2D eigenvalue weighted by molar-refractivity contribution is -0.386. The first-order chi connectivity index (χ1) is 18.8. The molecule has 0 saturated heterocycles. The van der Waals surface area contributed by atoms with Gasteiger partial charge >= 0.3 is 0 Å². The summed E-state index contributed by atoms with van der Waals surface area (Å²) in [5.41, 5.74) is 0.112. The Morgan fingerprint density at radius 1 is 0.625 bits per heavy atom. The largest absolute Gasteiger partial charge is 0.493 e. The van der Waals surface area contributed by atoms with Crippen LogP contribution in [0.5, 0.6) is 23.0 Å². The summed E-state index contributed by atoms with van der Waals surface area (Å²) in [5, 5.41) is 23.9. The van der Waals surface area contributed by atoms with Gasteiger partial charge < -0.3 is 28.0 Å². The van der Waals surface area contributed by atoms with E-state index in [1.807, 2.05) is 32.4 Å². The molecule has 2 aromatic rings. The van der Waals surface area contributed by atoms with Gasteiger partial charge in [-0.2, -0.15) is 0 Å². The lowest BCUT2D eigenvalue weighted by atomic mass is 10.1. The van der Waals surface area contributed by atoms with E-state index < -0.39 is 30.6 Å². The summed E-state index contributed by atoms with van der Waals surface area (Å²) in [6.45, 7) is 11.2. The number of rotatable bonds is 15. The van der Waals surface area contributed by atoms with Crippen LogP contribution in [0.4, 0.5) is 11.4 Å². The van der Waals surface area contributed by atoms with Gasteiger partial charge in [0.05, 0.1) is 73.8 Å². The van der Waals surface area contributed by atoms with Crippen LogP contribution in [0.15, 0.2) is 24.3 Å². The number of benzene rings is 2. The highest BCUT2D eigenvalue weighted by Crippen LogP contribution is 2.54. The third-order valence-electron chi connectivity index (χ3n) is 6.08. The predicted molar refractivity (Wildman–Crippen MR) is 150 cm³/mol. The number of hydrogen-bond donors (Lipinski definition) is 0. The minimum Gasteiger partial charge on any atom is -0.493 e. The number of hydrogen-bond acceptors (Lipinski definition) is 11. The quantitative estimate of drug-likeness (QED) is 0.125. The molecule has 2 rings (SSSR count). The Hall–Kier alpha value is -3.25. The maximum Gasteiger partial charge on any atom is 0.279 e. The maximum absolute atomic E-state index is 11.9. The van der Waals surface area contributed by atoms with Gasteiger partial charge in [0.25, 0.3) is 19.9 Å². The van der Waals surface area contributed by atoms with Gasteiger partial charge in [0.1, 0.15) is 0 Å². The van der Waals surface area contributed by atoms with Gasteiger partial charge in [0.15, 0.2) is 23.0 Å². The second kappa shape index (κ2) is 14.4. The number of methoxy groups -OCH3 is 4. The minimum atomic E-state index is -1.90. The van der Waals surface area contributed by atoms with Crippen LogP contribution in [-0.2, 0) is 9.05 Å². The topological polar surface area (TPSA) is 145 Å². The molecule has 0 amide bonds. The Morgan fingerprint density at radius 3 is 1.18 bits per heavy atom. The fourth-order valence-corrected chi connectivity index (χ4v) is 6.02. The highest BCUT2D eigenvalue weighted by Gasteiger charge is 2.35. The average Bonchev–Trinajstić information content (AvgIpc) is 2.90. The van der Waals surface area contributed by atoms with Crippen molar-refractivity contribution in [2.75, 3.05) is 28.4 Å². The van der Waals surface area contributed by atoms with E-state index in [0.717, 1.165) is 0 Å². The Kier molecular flexibility index (Phi) is 11.9. The Balaban J connectivity index is 2.59. The normalized spacial score (nSPS) is 13.7. The molecule has 0 saturated carbocycles. The number of nitro benzene ring substituents is 2. The molecule has 0 fully saturated rings. The van der Waals surface area contributed by atoms with Crippen LogP contribution < -0.4 is 18.9 Å². The molecule has 0 aromatic heterocycles. The maximum atomic E-state index is 11.9.